The molecular weight excluding hydrogens is 364 g/mol. The van der Waals surface area contributed by atoms with Crippen LogP contribution in [0.15, 0.2) is 65.7 Å². The van der Waals surface area contributed by atoms with E-state index < -0.39 is 0 Å². The first-order chi connectivity index (χ1) is 14.2. The zero-order chi connectivity index (χ0) is 20.1. The fraction of sp³-hybridized carbons (Fsp3) is 0.348. The number of aromatic nitrogens is 3. The number of hydrogen-bond acceptors (Lipinski definition) is 5. The minimum Gasteiger partial charge on any atom is -0.497 e. The second-order valence-corrected chi connectivity index (χ2v) is 7.47. The number of nitrogens with one attached hydrogen (secondary N) is 1. The highest BCUT2D eigenvalue weighted by Crippen LogP contribution is 2.28. The highest BCUT2D eigenvalue weighted by atomic mass is 16.5. The van der Waals surface area contributed by atoms with Crippen molar-refractivity contribution in [2.24, 2.45) is 0 Å². The summed E-state index contributed by atoms with van der Waals surface area (Å²) >= 11 is 0. The first-order valence-electron chi connectivity index (χ1n) is 10.1. The van der Waals surface area contributed by atoms with Crippen LogP contribution >= 0.6 is 0 Å². The molecule has 6 nitrogen and oxygen atoms in total. The molecule has 2 heterocycles. The molecule has 29 heavy (non-hydrogen) atoms. The van der Waals surface area contributed by atoms with Crippen LogP contribution in [0.1, 0.15) is 37.3 Å². The molecule has 4 rings (SSSR count). The largest absolute Gasteiger partial charge is 0.497 e. The van der Waals surface area contributed by atoms with Crippen molar-refractivity contribution in [1.82, 2.24) is 20.1 Å². The van der Waals surface area contributed by atoms with E-state index in [-0.39, 0.29) is 11.6 Å². The van der Waals surface area contributed by atoms with Gasteiger partial charge in [-0.25, -0.2) is 4.68 Å². The zero-order valence-corrected chi connectivity index (χ0v) is 16.6. The van der Waals surface area contributed by atoms with Crippen LogP contribution in [0.4, 0.5) is 0 Å². The van der Waals surface area contributed by atoms with Gasteiger partial charge in [-0.05, 0) is 61.6 Å². The Kier molecular flexibility index (Phi) is 6.00. The predicted octanol–water partition coefficient (Wildman–Crippen LogP) is 3.59. The molecule has 3 aromatic rings. The normalized spacial score (nSPS) is 19.1. The predicted molar refractivity (Wildman–Crippen MR) is 113 cm³/mol. The highest BCUT2D eigenvalue weighted by molar-refractivity contribution is 5.57. The van der Waals surface area contributed by atoms with Crippen molar-refractivity contribution in [2.75, 3.05) is 7.11 Å². The molecule has 150 valence electrons. The summed E-state index contributed by atoms with van der Waals surface area (Å²) in [6.45, 7) is 0.842. The molecule has 1 aliphatic carbocycles. The Bertz CT molecular complexity index is 978. The summed E-state index contributed by atoms with van der Waals surface area (Å²) in [5, 5.41) is 8.29. The maximum absolute atomic E-state index is 12.4. The first-order valence-corrected chi connectivity index (χ1v) is 10.1. The van der Waals surface area contributed by atoms with Gasteiger partial charge < -0.3 is 10.1 Å². The number of ether oxygens (including phenoxy) is 1. The summed E-state index contributed by atoms with van der Waals surface area (Å²) < 4.78 is 6.88. The van der Waals surface area contributed by atoms with Gasteiger partial charge in [-0.2, -0.15) is 5.10 Å². The number of hydrogen-bond donors (Lipinski definition) is 1. The Labute approximate surface area is 170 Å². The Morgan fingerprint density at radius 3 is 2.41 bits per heavy atom. The lowest BCUT2D eigenvalue weighted by molar-refractivity contribution is 0.269. The monoisotopic (exact) mass is 390 g/mol. The fourth-order valence-corrected chi connectivity index (χ4v) is 3.89. The first kappa shape index (κ1) is 19.3. The average Bonchev–Trinajstić information content (AvgIpc) is 2.79. The second-order valence-electron chi connectivity index (χ2n) is 7.47. The van der Waals surface area contributed by atoms with Gasteiger partial charge in [-0.3, -0.25) is 9.78 Å². The molecule has 0 aliphatic heterocycles. The lowest BCUT2D eigenvalue weighted by Crippen LogP contribution is -2.36. The third-order valence-electron chi connectivity index (χ3n) is 5.60. The van der Waals surface area contributed by atoms with Gasteiger partial charge >= 0.3 is 0 Å². The van der Waals surface area contributed by atoms with E-state index >= 15 is 0 Å². The van der Waals surface area contributed by atoms with Crippen LogP contribution in [0.25, 0.3) is 11.3 Å². The smallest absolute Gasteiger partial charge is 0.267 e. The molecule has 1 aliphatic rings. The zero-order valence-electron chi connectivity index (χ0n) is 16.6. The summed E-state index contributed by atoms with van der Waals surface area (Å²) in [6, 6.07) is 16.0. The molecule has 0 amide bonds. The van der Waals surface area contributed by atoms with Crippen molar-refractivity contribution in [3.05, 3.63) is 76.8 Å². The van der Waals surface area contributed by atoms with E-state index in [4.69, 9.17) is 4.74 Å². The third-order valence-corrected chi connectivity index (χ3v) is 5.60. The van der Waals surface area contributed by atoms with Gasteiger partial charge in [0.1, 0.15) is 5.75 Å². The van der Waals surface area contributed by atoms with Crippen molar-refractivity contribution in [1.29, 1.82) is 0 Å². The van der Waals surface area contributed by atoms with Crippen LogP contribution in [0.5, 0.6) is 5.75 Å². The summed E-state index contributed by atoms with van der Waals surface area (Å²) in [6.07, 6.45) is 7.46. The lowest BCUT2D eigenvalue weighted by atomic mass is 9.91. The maximum atomic E-state index is 12.4. The minimum atomic E-state index is -0.0301. The fourth-order valence-electron chi connectivity index (χ4n) is 3.89. The molecule has 1 fully saturated rings. The summed E-state index contributed by atoms with van der Waals surface area (Å²) in [5.74, 6) is 0.876. The number of benzene rings is 1. The van der Waals surface area contributed by atoms with Crippen molar-refractivity contribution in [3.63, 3.8) is 0 Å². The van der Waals surface area contributed by atoms with E-state index in [0.717, 1.165) is 49.2 Å². The number of methoxy groups -OCH3 is 1. The highest BCUT2D eigenvalue weighted by Gasteiger charge is 2.23. The Morgan fingerprint density at radius 1 is 1.00 bits per heavy atom. The van der Waals surface area contributed by atoms with Gasteiger partial charge in [-0.1, -0.05) is 12.1 Å². The van der Waals surface area contributed by atoms with E-state index in [9.17, 15) is 4.79 Å². The van der Waals surface area contributed by atoms with Crippen LogP contribution in [0.3, 0.4) is 0 Å². The molecule has 6 heteroatoms. The number of pyridine rings is 1. The van der Waals surface area contributed by atoms with E-state index in [1.165, 1.54) is 5.56 Å². The van der Waals surface area contributed by atoms with Gasteiger partial charge in [0.2, 0.25) is 0 Å². The molecule has 0 saturated heterocycles. The SMILES string of the molecule is COc1ccc(CNC2CCC(n3nc(-c4ccncc4)ccc3=O)CC2)cc1. The van der Waals surface area contributed by atoms with Crippen molar-refractivity contribution < 1.29 is 4.74 Å². The standard InChI is InChI=1S/C23H26N4O2/c1-29-21-8-2-17(3-9-21)16-25-19-4-6-20(7-5-19)27-23(28)11-10-22(26-27)18-12-14-24-15-13-18/h2-3,8-15,19-20,25H,4-7,16H2,1H3. The van der Waals surface area contributed by atoms with E-state index in [2.05, 4.69) is 27.5 Å². The van der Waals surface area contributed by atoms with Gasteiger partial charge in [0.05, 0.1) is 18.8 Å². The molecule has 0 radical (unpaired) electrons. The van der Waals surface area contributed by atoms with Crippen LogP contribution in [-0.4, -0.2) is 27.9 Å². The minimum absolute atomic E-state index is 0.0301. The Hall–Kier alpha value is -2.99. The van der Waals surface area contributed by atoms with Crippen LogP contribution in [-0.2, 0) is 6.54 Å². The van der Waals surface area contributed by atoms with E-state index in [1.54, 1.807) is 36.3 Å². The van der Waals surface area contributed by atoms with Crippen molar-refractivity contribution in [2.45, 2.75) is 44.3 Å². The van der Waals surface area contributed by atoms with Crippen LogP contribution in [0, 0.1) is 0 Å². The summed E-state index contributed by atoms with van der Waals surface area (Å²) in [5.41, 5.74) is 3.00. The molecule has 1 N–H and O–H groups in total. The summed E-state index contributed by atoms with van der Waals surface area (Å²) in [4.78, 5) is 16.5. The molecule has 1 saturated carbocycles. The summed E-state index contributed by atoms with van der Waals surface area (Å²) in [7, 11) is 1.68. The van der Waals surface area contributed by atoms with E-state index in [1.807, 2.05) is 24.3 Å². The number of nitrogens with zero attached hydrogens (tertiary/aromatic N) is 3. The van der Waals surface area contributed by atoms with Gasteiger partial charge in [0.25, 0.3) is 5.56 Å². The second kappa shape index (κ2) is 9.01. The third kappa shape index (κ3) is 4.71. The molecule has 0 unspecified atom stereocenters. The van der Waals surface area contributed by atoms with Gasteiger partial charge in [-0.15, -0.1) is 0 Å². The lowest BCUT2D eigenvalue weighted by Gasteiger charge is -2.30. The van der Waals surface area contributed by atoms with Gasteiger partial charge in [0, 0.05) is 36.6 Å². The van der Waals surface area contributed by atoms with E-state index in [0.29, 0.717) is 6.04 Å². The van der Waals surface area contributed by atoms with Gasteiger partial charge in [0.15, 0.2) is 0 Å². The number of rotatable bonds is 6. The Balaban J connectivity index is 1.36. The molecule has 2 aromatic heterocycles. The molecule has 0 bridgehead atoms. The molecule has 0 spiro atoms. The van der Waals surface area contributed by atoms with Crippen molar-refractivity contribution in [3.8, 4) is 17.0 Å². The Morgan fingerprint density at radius 2 is 1.72 bits per heavy atom. The van der Waals surface area contributed by atoms with Crippen LogP contribution in [0.2, 0.25) is 0 Å². The topological polar surface area (TPSA) is 69.0 Å². The quantitative estimate of drug-likeness (QED) is 0.697. The molecular formula is C23H26N4O2. The molecule has 0 atom stereocenters. The maximum Gasteiger partial charge on any atom is 0.267 e. The van der Waals surface area contributed by atoms with Crippen molar-refractivity contribution >= 4 is 0 Å². The van der Waals surface area contributed by atoms with Crippen LogP contribution < -0.4 is 15.6 Å². The molecule has 1 aromatic carbocycles. The average molecular weight is 390 g/mol.